The molecule has 0 saturated carbocycles. The number of benzene rings is 1. The Labute approximate surface area is 185 Å². The van der Waals surface area contributed by atoms with Crippen molar-refractivity contribution in [1.82, 2.24) is 10.9 Å². The van der Waals surface area contributed by atoms with Gasteiger partial charge in [0.2, 0.25) is 5.60 Å². The molecule has 0 aliphatic rings. The maximum atomic E-state index is 14.2. The second-order valence-corrected chi connectivity index (χ2v) is 8.21. The minimum Gasteiger partial charge on any atom is -0.443 e. The molecule has 2 amide bonds. The SMILES string of the molecule is C[C@H](O)COCCC[C@@](OCc1ccccc1)(C(=O)NNC(=O)OC(C)(C)C)C(F)(F)F. The van der Waals surface area contributed by atoms with Gasteiger partial charge in [0.15, 0.2) is 0 Å². The quantitative estimate of drug-likeness (QED) is 0.363. The van der Waals surface area contributed by atoms with Crippen LogP contribution >= 0.6 is 0 Å². The lowest BCUT2D eigenvalue weighted by Crippen LogP contribution is -2.62. The minimum absolute atomic E-state index is 0.0592. The summed E-state index contributed by atoms with van der Waals surface area (Å²) < 4.78 is 57.6. The highest BCUT2D eigenvalue weighted by Gasteiger charge is 2.61. The number of aliphatic hydroxyl groups is 1. The van der Waals surface area contributed by atoms with Crippen molar-refractivity contribution in [2.24, 2.45) is 0 Å². The van der Waals surface area contributed by atoms with E-state index in [1.54, 1.807) is 56.5 Å². The lowest BCUT2D eigenvalue weighted by Gasteiger charge is -2.34. The van der Waals surface area contributed by atoms with E-state index in [0.29, 0.717) is 5.56 Å². The van der Waals surface area contributed by atoms with E-state index in [0.717, 1.165) is 0 Å². The summed E-state index contributed by atoms with van der Waals surface area (Å²) in [6.07, 6.45) is -7.97. The molecule has 0 aliphatic heterocycles. The van der Waals surface area contributed by atoms with Gasteiger partial charge in [-0.1, -0.05) is 30.3 Å². The number of aliphatic hydroxyl groups excluding tert-OH is 1. The predicted molar refractivity (Wildman–Crippen MR) is 109 cm³/mol. The molecular weight excluding hydrogens is 433 g/mol. The Kier molecular flexibility index (Phi) is 10.4. The summed E-state index contributed by atoms with van der Waals surface area (Å²) in [5, 5.41) is 9.20. The molecule has 0 saturated heterocycles. The van der Waals surface area contributed by atoms with Crippen molar-refractivity contribution in [2.45, 2.75) is 70.6 Å². The van der Waals surface area contributed by atoms with E-state index in [1.807, 2.05) is 5.43 Å². The average Bonchev–Trinajstić information content (AvgIpc) is 2.66. The van der Waals surface area contributed by atoms with Crippen LogP contribution in [0, 0.1) is 0 Å². The van der Waals surface area contributed by atoms with Crippen molar-refractivity contribution >= 4 is 12.0 Å². The molecule has 1 rings (SSSR count). The maximum Gasteiger partial charge on any atom is 0.426 e. The topological polar surface area (TPSA) is 106 Å². The molecule has 0 aliphatic carbocycles. The van der Waals surface area contributed by atoms with Gasteiger partial charge in [0, 0.05) is 6.61 Å². The molecule has 8 nitrogen and oxygen atoms in total. The number of hydrogen-bond acceptors (Lipinski definition) is 6. The number of amides is 2. The van der Waals surface area contributed by atoms with Gasteiger partial charge < -0.3 is 19.3 Å². The summed E-state index contributed by atoms with van der Waals surface area (Å²) in [7, 11) is 0. The zero-order chi connectivity index (χ0) is 24.4. The summed E-state index contributed by atoms with van der Waals surface area (Å²) in [6.45, 7) is 5.47. The van der Waals surface area contributed by atoms with E-state index in [2.05, 4.69) is 0 Å². The van der Waals surface area contributed by atoms with Crippen molar-refractivity contribution in [3.8, 4) is 0 Å². The largest absolute Gasteiger partial charge is 0.443 e. The molecule has 0 fully saturated rings. The lowest BCUT2D eigenvalue weighted by molar-refractivity contribution is -0.274. The fraction of sp³-hybridized carbons (Fsp3) is 0.619. The molecule has 1 aromatic rings. The van der Waals surface area contributed by atoms with Crippen LogP contribution in [0.3, 0.4) is 0 Å². The molecule has 0 bridgehead atoms. The van der Waals surface area contributed by atoms with Gasteiger partial charge >= 0.3 is 12.3 Å². The summed E-state index contributed by atoms with van der Waals surface area (Å²) in [4.78, 5) is 24.4. The number of hydrazine groups is 1. The van der Waals surface area contributed by atoms with E-state index in [1.165, 1.54) is 6.92 Å². The first-order valence-corrected chi connectivity index (χ1v) is 10.1. The molecule has 182 valence electrons. The van der Waals surface area contributed by atoms with Crippen molar-refractivity contribution < 1.29 is 42.1 Å². The number of carbonyl (C=O) groups is 2. The zero-order valence-corrected chi connectivity index (χ0v) is 18.6. The van der Waals surface area contributed by atoms with Gasteiger partial charge in [0.1, 0.15) is 5.60 Å². The monoisotopic (exact) mass is 464 g/mol. The maximum absolute atomic E-state index is 14.2. The van der Waals surface area contributed by atoms with E-state index < -0.39 is 48.5 Å². The highest BCUT2D eigenvalue weighted by molar-refractivity contribution is 5.87. The minimum atomic E-state index is -5.11. The van der Waals surface area contributed by atoms with E-state index in [4.69, 9.17) is 14.2 Å². The van der Waals surface area contributed by atoms with Gasteiger partial charge in [0.25, 0.3) is 5.91 Å². The zero-order valence-electron chi connectivity index (χ0n) is 18.6. The average molecular weight is 464 g/mol. The molecule has 0 radical (unpaired) electrons. The second-order valence-electron chi connectivity index (χ2n) is 8.21. The Bertz CT molecular complexity index is 722. The van der Waals surface area contributed by atoms with Crippen molar-refractivity contribution in [2.75, 3.05) is 13.2 Å². The fourth-order valence-corrected chi connectivity index (χ4v) is 2.57. The predicted octanol–water partition coefficient (Wildman–Crippen LogP) is 3.24. The normalized spacial score (nSPS) is 14.9. The number of ether oxygens (including phenoxy) is 3. The van der Waals surface area contributed by atoms with Gasteiger partial charge in [-0.3, -0.25) is 10.2 Å². The highest BCUT2D eigenvalue weighted by Crippen LogP contribution is 2.38. The van der Waals surface area contributed by atoms with Gasteiger partial charge in [0.05, 0.1) is 19.3 Å². The van der Waals surface area contributed by atoms with Crippen LogP contribution in [0.5, 0.6) is 0 Å². The van der Waals surface area contributed by atoms with Crippen LogP contribution in [0.1, 0.15) is 46.1 Å². The Hall–Kier alpha value is -2.37. The standard InChI is InChI=1S/C21H31F3N2O6/c1-15(27)13-30-12-8-11-20(21(22,23)24,31-14-16-9-6-5-7-10-16)17(28)25-26-18(29)32-19(2,3)4/h5-7,9-10,15,27H,8,11-14H2,1-4H3,(H,25,28)(H,26,29)/t15-,20+/m0/s1. The van der Waals surface area contributed by atoms with Crippen molar-refractivity contribution in [1.29, 1.82) is 0 Å². The molecule has 0 heterocycles. The summed E-state index contributed by atoms with van der Waals surface area (Å²) in [5.41, 5.74) is -0.159. The molecule has 1 aromatic carbocycles. The van der Waals surface area contributed by atoms with Crippen LogP contribution in [-0.4, -0.2) is 53.8 Å². The molecule has 0 unspecified atom stereocenters. The fourth-order valence-electron chi connectivity index (χ4n) is 2.57. The highest BCUT2D eigenvalue weighted by atomic mass is 19.4. The van der Waals surface area contributed by atoms with E-state index in [-0.39, 0.29) is 19.6 Å². The van der Waals surface area contributed by atoms with Crippen LogP contribution in [-0.2, 0) is 25.6 Å². The molecule has 2 atom stereocenters. The molecular formula is C21H31F3N2O6. The molecule has 0 spiro atoms. The Balaban J connectivity index is 2.99. The third-order valence-corrected chi connectivity index (χ3v) is 4.01. The number of halogens is 3. The van der Waals surface area contributed by atoms with E-state index in [9.17, 15) is 27.9 Å². The van der Waals surface area contributed by atoms with Crippen LogP contribution < -0.4 is 10.9 Å². The Morgan fingerprint density at radius 2 is 1.72 bits per heavy atom. The second kappa shape index (κ2) is 12.0. The van der Waals surface area contributed by atoms with Crippen LogP contribution in [0.4, 0.5) is 18.0 Å². The first-order valence-electron chi connectivity index (χ1n) is 10.1. The van der Waals surface area contributed by atoms with Crippen LogP contribution in [0.2, 0.25) is 0 Å². The Morgan fingerprint density at radius 3 is 2.25 bits per heavy atom. The van der Waals surface area contributed by atoms with Crippen LogP contribution in [0.15, 0.2) is 30.3 Å². The third-order valence-electron chi connectivity index (χ3n) is 4.01. The number of rotatable bonds is 10. The molecule has 11 heteroatoms. The van der Waals surface area contributed by atoms with Crippen molar-refractivity contribution in [3.63, 3.8) is 0 Å². The summed E-state index contributed by atoms with van der Waals surface area (Å²) in [5.74, 6) is -1.60. The van der Waals surface area contributed by atoms with Crippen LogP contribution in [0.25, 0.3) is 0 Å². The van der Waals surface area contributed by atoms with Gasteiger partial charge in [-0.15, -0.1) is 0 Å². The first kappa shape index (κ1) is 27.7. The molecule has 32 heavy (non-hydrogen) atoms. The lowest BCUT2D eigenvalue weighted by atomic mass is 9.95. The number of alkyl halides is 3. The summed E-state index contributed by atoms with van der Waals surface area (Å²) in [6, 6.07) is 8.06. The summed E-state index contributed by atoms with van der Waals surface area (Å²) >= 11 is 0. The Morgan fingerprint density at radius 1 is 1.09 bits per heavy atom. The number of hydrogen-bond donors (Lipinski definition) is 3. The molecule has 3 N–H and O–H groups in total. The number of carbonyl (C=O) groups excluding carboxylic acids is 2. The van der Waals surface area contributed by atoms with Crippen molar-refractivity contribution in [3.05, 3.63) is 35.9 Å². The van der Waals surface area contributed by atoms with Gasteiger partial charge in [-0.05, 0) is 46.1 Å². The van der Waals surface area contributed by atoms with Gasteiger partial charge in [-0.2, -0.15) is 13.2 Å². The molecule has 0 aromatic heterocycles. The first-order chi connectivity index (χ1) is 14.8. The smallest absolute Gasteiger partial charge is 0.426 e. The van der Waals surface area contributed by atoms with Gasteiger partial charge in [-0.25, -0.2) is 10.2 Å². The number of nitrogens with one attached hydrogen (secondary N) is 2. The third kappa shape index (κ3) is 9.41. The van der Waals surface area contributed by atoms with E-state index >= 15 is 0 Å².